The molecule has 0 spiro atoms. The summed E-state index contributed by atoms with van der Waals surface area (Å²) >= 11 is 0. The first-order chi connectivity index (χ1) is 7.77. The van der Waals surface area contributed by atoms with Crippen LogP contribution in [0.25, 0.3) is 0 Å². The van der Waals surface area contributed by atoms with Gasteiger partial charge in [-0.3, -0.25) is 4.55 Å². The van der Waals surface area contributed by atoms with Crippen LogP contribution in [0.2, 0.25) is 0 Å². The second kappa shape index (κ2) is 7.80. The van der Waals surface area contributed by atoms with E-state index in [0.717, 1.165) is 20.1 Å². The minimum atomic E-state index is -4.02. The molecular formula is C12H21O3PS. The third-order valence-electron chi connectivity index (χ3n) is 1.93. The van der Waals surface area contributed by atoms with E-state index in [1.54, 1.807) is 12.1 Å². The maximum Gasteiger partial charge on any atom is 0.294 e. The Hall–Kier alpha value is -0.440. The second-order valence-corrected chi connectivity index (χ2v) is 6.78. The van der Waals surface area contributed by atoms with Gasteiger partial charge in [-0.1, -0.05) is 31.5 Å². The fourth-order valence-corrected chi connectivity index (χ4v) is 2.42. The Balaban J connectivity index is 0.000000366. The highest BCUT2D eigenvalue weighted by Crippen LogP contribution is 2.08. The lowest BCUT2D eigenvalue weighted by Gasteiger charge is -1.96. The van der Waals surface area contributed by atoms with Gasteiger partial charge in [0.15, 0.2) is 0 Å². The summed E-state index contributed by atoms with van der Waals surface area (Å²) in [5, 5.41) is 0. The highest BCUT2D eigenvalue weighted by molar-refractivity contribution is 7.85. The van der Waals surface area contributed by atoms with Crippen molar-refractivity contribution in [2.24, 2.45) is 5.92 Å². The van der Waals surface area contributed by atoms with E-state index in [0.29, 0.717) is 0 Å². The van der Waals surface area contributed by atoms with Crippen molar-refractivity contribution in [2.45, 2.75) is 25.7 Å². The van der Waals surface area contributed by atoms with Gasteiger partial charge < -0.3 is 0 Å². The molecule has 0 aromatic heterocycles. The molecule has 1 atom stereocenters. The Bertz CT molecular complexity index is 410. The Morgan fingerprint density at radius 3 is 1.94 bits per heavy atom. The first kappa shape index (κ1) is 16.6. The summed E-state index contributed by atoms with van der Waals surface area (Å²) in [6.07, 6.45) is 1.40. The number of aryl methyl sites for hydroxylation is 1. The van der Waals surface area contributed by atoms with E-state index in [1.807, 2.05) is 6.92 Å². The Morgan fingerprint density at radius 1 is 1.24 bits per heavy atom. The van der Waals surface area contributed by atoms with Crippen LogP contribution in [-0.4, -0.2) is 25.8 Å². The molecule has 0 bridgehead atoms. The van der Waals surface area contributed by atoms with Crippen molar-refractivity contribution in [3.8, 4) is 0 Å². The quantitative estimate of drug-likeness (QED) is 0.681. The number of hydrogen-bond acceptors (Lipinski definition) is 2. The molecule has 17 heavy (non-hydrogen) atoms. The van der Waals surface area contributed by atoms with E-state index >= 15 is 0 Å². The van der Waals surface area contributed by atoms with E-state index in [9.17, 15) is 8.42 Å². The number of rotatable bonds is 3. The van der Waals surface area contributed by atoms with Crippen molar-refractivity contribution in [3.05, 3.63) is 29.8 Å². The van der Waals surface area contributed by atoms with E-state index in [4.69, 9.17) is 4.55 Å². The second-order valence-electron chi connectivity index (χ2n) is 4.24. The molecule has 0 aliphatic heterocycles. The fourth-order valence-electron chi connectivity index (χ4n) is 1.12. The van der Waals surface area contributed by atoms with Gasteiger partial charge in [0.25, 0.3) is 10.1 Å². The fraction of sp³-hybridized carbons (Fsp3) is 0.500. The van der Waals surface area contributed by atoms with Crippen molar-refractivity contribution >= 4 is 18.7 Å². The molecule has 1 aromatic rings. The number of benzene rings is 1. The minimum absolute atomic E-state index is 0.0666. The summed E-state index contributed by atoms with van der Waals surface area (Å²) in [6, 6.07) is 5.99. The zero-order valence-corrected chi connectivity index (χ0v) is 12.6. The molecule has 3 nitrogen and oxygen atoms in total. The summed E-state index contributed by atoms with van der Waals surface area (Å²) in [6.45, 7) is 8.61. The molecule has 1 N–H and O–H groups in total. The van der Waals surface area contributed by atoms with Gasteiger partial charge in [-0.15, -0.1) is 8.58 Å². The lowest BCUT2D eigenvalue weighted by Crippen LogP contribution is -1.96. The van der Waals surface area contributed by atoms with E-state index < -0.39 is 10.1 Å². The first-order valence-corrected chi connectivity index (χ1v) is 8.61. The standard InChI is InChI=1S/C7H8O3S.C5H13P/c1-6-2-4-7(5-3-6)11(8,9)10;1-5(2)4-6-3/h2-5H,1H3,(H,8,9,10);5-6H,4H2,1-3H3. The van der Waals surface area contributed by atoms with Crippen LogP contribution in [0.1, 0.15) is 19.4 Å². The lowest BCUT2D eigenvalue weighted by atomic mass is 10.2. The molecule has 0 radical (unpaired) electrons. The average Bonchev–Trinajstić information content (AvgIpc) is 2.17. The van der Waals surface area contributed by atoms with Crippen LogP contribution in [0.3, 0.4) is 0 Å². The third kappa shape index (κ3) is 8.31. The topological polar surface area (TPSA) is 54.4 Å². The monoisotopic (exact) mass is 276 g/mol. The Labute approximate surface area is 106 Å². The van der Waals surface area contributed by atoms with Crippen molar-refractivity contribution < 1.29 is 13.0 Å². The van der Waals surface area contributed by atoms with Crippen LogP contribution in [0.4, 0.5) is 0 Å². The summed E-state index contributed by atoms with van der Waals surface area (Å²) in [7, 11) is -2.88. The molecule has 1 unspecified atom stereocenters. The molecule has 0 amide bonds. The van der Waals surface area contributed by atoms with Crippen LogP contribution in [-0.2, 0) is 10.1 Å². The minimum Gasteiger partial charge on any atom is -0.282 e. The predicted octanol–water partition coefficient (Wildman–Crippen LogP) is 3.19. The summed E-state index contributed by atoms with van der Waals surface area (Å²) in [4.78, 5) is -0.0666. The molecule has 1 rings (SSSR count). The van der Waals surface area contributed by atoms with Crippen molar-refractivity contribution in [2.75, 3.05) is 12.8 Å². The highest BCUT2D eigenvalue weighted by Gasteiger charge is 2.06. The van der Waals surface area contributed by atoms with Crippen LogP contribution in [0.15, 0.2) is 29.2 Å². The molecule has 0 saturated carbocycles. The maximum atomic E-state index is 10.5. The van der Waals surface area contributed by atoms with Gasteiger partial charge in [-0.05, 0) is 37.8 Å². The van der Waals surface area contributed by atoms with Crippen LogP contribution in [0, 0.1) is 12.8 Å². The van der Waals surface area contributed by atoms with Gasteiger partial charge in [-0.2, -0.15) is 8.42 Å². The molecule has 0 fully saturated rings. The molecule has 5 heteroatoms. The van der Waals surface area contributed by atoms with Gasteiger partial charge >= 0.3 is 0 Å². The van der Waals surface area contributed by atoms with Crippen LogP contribution < -0.4 is 0 Å². The molecular weight excluding hydrogens is 255 g/mol. The third-order valence-corrected chi connectivity index (χ3v) is 4.02. The number of hydrogen-bond donors (Lipinski definition) is 1. The molecule has 1 aromatic carbocycles. The summed E-state index contributed by atoms with van der Waals surface area (Å²) in [5.74, 6) is 0.910. The first-order valence-electron chi connectivity index (χ1n) is 5.46. The predicted molar refractivity (Wildman–Crippen MR) is 74.9 cm³/mol. The Kier molecular flexibility index (Phi) is 7.60. The zero-order chi connectivity index (χ0) is 13.5. The smallest absolute Gasteiger partial charge is 0.282 e. The van der Waals surface area contributed by atoms with Gasteiger partial charge in [-0.25, -0.2) is 0 Å². The van der Waals surface area contributed by atoms with Gasteiger partial charge in [0, 0.05) is 0 Å². The lowest BCUT2D eigenvalue weighted by molar-refractivity contribution is 0.483. The Morgan fingerprint density at radius 2 is 1.71 bits per heavy atom. The van der Waals surface area contributed by atoms with Crippen molar-refractivity contribution in [3.63, 3.8) is 0 Å². The molecule has 0 heterocycles. The molecule has 0 aliphatic carbocycles. The molecule has 0 aliphatic rings. The van der Waals surface area contributed by atoms with E-state index in [-0.39, 0.29) is 4.90 Å². The van der Waals surface area contributed by atoms with Gasteiger partial charge in [0.2, 0.25) is 0 Å². The van der Waals surface area contributed by atoms with Crippen molar-refractivity contribution in [1.82, 2.24) is 0 Å². The van der Waals surface area contributed by atoms with Crippen LogP contribution in [0.5, 0.6) is 0 Å². The SMILES string of the molecule is CPCC(C)C.Cc1ccc(S(=O)(=O)O)cc1. The largest absolute Gasteiger partial charge is 0.294 e. The van der Waals surface area contributed by atoms with Crippen LogP contribution >= 0.6 is 8.58 Å². The summed E-state index contributed by atoms with van der Waals surface area (Å²) < 4.78 is 29.6. The van der Waals surface area contributed by atoms with Gasteiger partial charge in [0.05, 0.1) is 4.90 Å². The van der Waals surface area contributed by atoms with Crippen molar-refractivity contribution in [1.29, 1.82) is 0 Å². The molecule has 0 saturated heterocycles. The van der Waals surface area contributed by atoms with E-state index in [1.165, 1.54) is 18.3 Å². The highest BCUT2D eigenvalue weighted by atomic mass is 32.2. The average molecular weight is 276 g/mol. The zero-order valence-electron chi connectivity index (χ0n) is 10.8. The maximum absolute atomic E-state index is 10.5. The normalized spacial score (nSPS) is 11.6. The molecule has 98 valence electrons. The van der Waals surface area contributed by atoms with E-state index in [2.05, 4.69) is 20.5 Å². The summed E-state index contributed by atoms with van der Waals surface area (Å²) in [5.41, 5.74) is 0.956. The van der Waals surface area contributed by atoms with Gasteiger partial charge in [0.1, 0.15) is 0 Å².